The zero-order chi connectivity index (χ0) is 29.5. The van der Waals surface area contributed by atoms with Gasteiger partial charge in [0, 0.05) is 0 Å². The molecule has 6 nitrogen and oxygen atoms in total. The molecule has 3 aliphatic rings. The maximum Gasteiger partial charge on any atom is 0.307 e. The van der Waals surface area contributed by atoms with Gasteiger partial charge in [0.25, 0.3) is 0 Å². The monoisotopic (exact) mass is 598 g/mol. The maximum atomic E-state index is 6.21. The van der Waals surface area contributed by atoms with Gasteiger partial charge in [-0.05, 0) is 64.5 Å². The van der Waals surface area contributed by atoms with Crippen molar-refractivity contribution >= 4 is 63.3 Å². The molecule has 7 aromatic rings. The molecule has 0 saturated heterocycles. The van der Waals surface area contributed by atoms with E-state index in [1.807, 2.05) is 24.3 Å². The Labute approximate surface area is 259 Å². The Morgan fingerprint density at radius 2 is 1.42 bits per heavy atom. The van der Waals surface area contributed by atoms with Crippen LogP contribution in [0.25, 0.3) is 28.0 Å². The molecule has 1 atom stereocenters. The van der Waals surface area contributed by atoms with E-state index in [4.69, 9.17) is 19.1 Å². The molecule has 1 unspecified atom stereocenters. The number of benzene rings is 5. The van der Waals surface area contributed by atoms with E-state index < -0.39 is 8.07 Å². The topological polar surface area (TPSA) is 55.3 Å². The summed E-state index contributed by atoms with van der Waals surface area (Å²) in [5.74, 6) is 1.48. The number of anilines is 1. The molecular weight excluding hydrogens is 573 g/mol. The molecule has 2 aromatic heterocycles. The molecular formula is C38H26N4O2Si. The average Bonchev–Trinajstić information content (AvgIpc) is 3.83. The third-order valence-electron chi connectivity index (χ3n) is 9.54. The van der Waals surface area contributed by atoms with Crippen LogP contribution in [0.4, 0.5) is 5.69 Å². The predicted octanol–water partition coefficient (Wildman–Crippen LogP) is 6.09. The Balaban J connectivity index is 1.24. The van der Waals surface area contributed by atoms with Gasteiger partial charge in [0.2, 0.25) is 0 Å². The van der Waals surface area contributed by atoms with Crippen molar-refractivity contribution in [2.24, 2.45) is 4.99 Å². The zero-order valence-corrected chi connectivity index (χ0v) is 25.2. The molecule has 45 heavy (non-hydrogen) atoms. The molecule has 214 valence electrons. The number of amidine groups is 1. The van der Waals surface area contributed by atoms with E-state index in [1.165, 1.54) is 20.8 Å². The maximum absolute atomic E-state index is 6.21. The minimum atomic E-state index is -2.82. The first kappa shape index (κ1) is 24.7. The first-order valence-corrected chi connectivity index (χ1v) is 17.3. The molecule has 2 aliphatic heterocycles. The fraction of sp³-hybridized carbons (Fsp3) is 0.0526. The van der Waals surface area contributed by atoms with Gasteiger partial charge in [-0.2, -0.15) is 9.98 Å². The van der Waals surface area contributed by atoms with Crippen LogP contribution in [0, 0.1) is 0 Å². The Hall–Kier alpha value is -5.66. The number of hydrogen-bond acceptors (Lipinski definition) is 5. The van der Waals surface area contributed by atoms with Gasteiger partial charge in [-0.3, -0.25) is 9.30 Å². The van der Waals surface area contributed by atoms with Crippen molar-refractivity contribution in [1.29, 1.82) is 0 Å². The van der Waals surface area contributed by atoms with Crippen molar-refractivity contribution in [3.63, 3.8) is 0 Å². The molecule has 0 saturated carbocycles. The summed E-state index contributed by atoms with van der Waals surface area (Å²) in [5.41, 5.74) is 5.95. The number of aliphatic imine (C=N–C) groups is 1. The fourth-order valence-corrected chi connectivity index (χ4v) is 12.6. The second-order valence-corrected chi connectivity index (χ2v) is 15.7. The number of rotatable bonds is 4. The van der Waals surface area contributed by atoms with Gasteiger partial charge < -0.3 is 9.15 Å². The van der Waals surface area contributed by atoms with Crippen LogP contribution < -0.4 is 25.2 Å². The van der Waals surface area contributed by atoms with Gasteiger partial charge >= 0.3 is 11.9 Å². The number of nitrogens with zero attached hydrogens (tertiary/aromatic N) is 4. The van der Waals surface area contributed by atoms with Crippen LogP contribution in [0.5, 0.6) is 5.75 Å². The molecule has 4 heterocycles. The van der Waals surface area contributed by atoms with Crippen molar-refractivity contribution in [3.8, 4) is 5.75 Å². The van der Waals surface area contributed by atoms with Gasteiger partial charge in [-0.25, -0.2) is 0 Å². The minimum absolute atomic E-state index is 0.0613. The molecule has 10 rings (SSSR count). The quantitative estimate of drug-likeness (QED) is 0.182. The van der Waals surface area contributed by atoms with Crippen LogP contribution in [-0.2, 0) is 0 Å². The standard InChI is InChI=1S/C38H26N4O2Si/c1-3-11-25(12-4-1)45(26-13-5-2-6-14-26,27-19-21-29-33(23-27)41-31-15-7-9-17-35(31)43-37(41)39-29)28-20-22-30-34(24-28)42-32-16-8-10-18-36(32)44-38(42)40-30/h1-23,34H,24H2. The lowest BCUT2D eigenvalue weighted by atomic mass is 10.0. The smallest absolute Gasteiger partial charge is 0.307 e. The zero-order valence-electron chi connectivity index (χ0n) is 24.2. The second kappa shape index (κ2) is 9.17. The lowest BCUT2D eigenvalue weighted by Gasteiger charge is -2.39. The lowest BCUT2D eigenvalue weighted by molar-refractivity contribution is 0.566. The summed E-state index contributed by atoms with van der Waals surface area (Å²) in [5, 5.41) is 5.41. The van der Waals surface area contributed by atoms with E-state index in [1.54, 1.807) is 0 Å². The molecule has 0 N–H and O–H groups in total. The normalized spacial score (nSPS) is 17.1. The third-order valence-corrected chi connectivity index (χ3v) is 14.4. The number of hydrogen-bond donors (Lipinski definition) is 0. The van der Waals surface area contributed by atoms with Crippen molar-refractivity contribution < 1.29 is 9.15 Å². The lowest BCUT2D eigenvalue weighted by Crippen LogP contribution is -2.69. The molecule has 0 amide bonds. The van der Waals surface area contributed by atoms with Crippen molar-refractivity contribution in [3.05, 3.63) is 150 Å². The SMILES string of the molecule is C1=C2N=C3Oc4ccccc4N3C2CC([Si](c2ccccc2)(c2ccccc2)c2ccc3nc4oc5ccccc5n4c3c2)=C1. The van der Waals surface area contributed by atoms with Gasteiger partial charge in [0.1, 0.15) is 0 Å². The predicted molar refractivity (Wildman–Crippen MR) is 182 cm³/mol. The summed E-state index contributed by atoms with van der Waals surface area (Å²) in [6.45, 7) is 0. The highest BCUT2D eigenvalue weighted by molar-refractivity contribution is 7.16. The summed E-state index contributed by atoms with van der Waals surface area (Å²) in [6.07, 6.45) is 5.40. The largest absolute Gasteiger partial charge is 0.423 e. The third kappa shape index (κ3) is 3.38. The number of oxazole rings is 1. The highest BCUT2D eigenvalue weighted by Crippen LogP contribution is 2.44. The number of imidazole rings is 1. The van der Waals surface area contributed by atoms with E-state index in [-0.39, 0.29) is 6.04 Å². The van der Waals surface area contributed by atoms with Gasteiger partial charge in [0.15, 0.2) is 19.4 Å². The van der Waals surface area contributed by atoms with Crippen LogP contribution >= 0.6 is 0 Å². The molecule has 0 fully saturated rings. The van der Waals surface area contributed by atoms with E-state index >= 15 is 0 Å². The first-order valence-electron chi connectivity index (χ1n) is 15.3. The van der Waals surface area contributed by atoms with Crippen molar-refractivity contribution in [2.45, 2.75) is 12.5 Å². The molecule has 0 spiro atoms. The number of allylic oxidation sites excluding steroid dienone is 2. The van der Waals surface area contributed by atoms with Crippen LogP contribution in [0.15, 0.2) is 160 Å². The first-order chi connectivity index (χ1) is 22.3. The van der Waals surface area contributed by atoms with Gasteiger partial charge in [0.05, 0.1) is 34.0 Å². The van der Waals surface area contributed by atoms with E-state index in [0.29, 0.717) is 11.9 Å². The summed E-state index contributed by atoms with van der Waals surface area (Å²) < 4.78 is 14.5. The van der Waals surface area contributed by atoms with Crippen LogP contribution in [0.2, 0.25) is 0 Å². The highest BCUT2D eigenvalue weighted by Gasteiger charge is 2.48. The van der Waals surface area contributed by atoms with Crippen LogP contribution in [0.1, 0.15) is 6.42 Å². The van der Waals surface area contributed by atoms with Crippen LogP contribution in [-0.4, -0.2) is 29.5 Å². The number of aromatic nitrogens is 2. The summed E-state index contributed by atoms with van der Waals surface area (Å²) in [6, 6.07) is 46.1. The second-order valence-electron chi connectivity index (χ2n) is 11.8. The van der Waals surface area contributed by atoms with Gasteiger partial charge in [-0.15, -0.1) is 0 Å². The fourth-order valence-electron chi connectivity index (χ4n) is 7.62. The highest BCUT2D eigenvalue weighted by atomic mass is 28.3. The Kier molecular flexibility index (Phi) is 5.04. The molecule has 0 bridgehead atoms. The summed E-state index contributed by atoms with van der Waals surface area (Å²) in [4.78, 5) is 12.1. The Bertz CT molecular complexity index is 2370. The van der Waals surface area contributed by atoms with E-state index in [0.717, 1.165) is 45.7 Å². The Morgan fingerprint density at radius 3 is 2.24 bits per heavy atom. The number of fused-ring (bicyclic) bond motifs is 10. The van der Waals surface area contributed by atoms with E-state index in [2.05, 4.69) is 125 Å². The summed E-state index contributed by atoms with van der Waals surface area (Å²) in [7, 11) is -2.82. The number of ether oxygens (including phenoxy) is 1. The molecule has 0 radical (unpaired) electrons. The molecule has 7 heteroatoms. The Morgan fingerprint density at radius 1 is 0.689 bits per heavy atom. The van der Waals surface area contributed by atoms with Crippen molar-refractivity contribution in [1.82, 2.24) is 9.38 Å². The van der Waals surface area contributed by atoms with Crippen molar-refractivity contribution in [2.75, 3.05) is 4.90 Å². The molecule has 1 aliphatic carbocycles. The van der Waals surface area contributed by atoms with Crippen LogP contribution in [0.3, 0.4) is 0 Å². The minimum Gasteiger partial charge on any atom is -0.423 e. The van der Waals surface area contributed by atoms with E-state index in [9.17, 15) is 0 Å². The number of para-hydroxylation sites is 4. The van der Waals surface area contributed by atoms with Gasteiger partial charge in [-0.1, -0.05) is 102 Å². The summed E-state index contributed by atoms with van der Waals surface area (Å²) >= 11 is 0. The average molecular weight is 599 g/mol. The molecule has 5 aromatic carbocycles.